The van der Waals surface area contributed by atoms with Crippen molar-refractivity contribution >= 4 is 35.0 Å². The van der Waals surface area contributed by atoms with Crippen molar-refractivity contribution in [1.82, 2.24) is 10.2 Å². The van der Waals surface area contributed by atoms with Crippen LogP contribution in [0.5, 0.6) is 5.75 Å². The fourth-order valence-corrected chi connectivity index (χ4v) is 3.83. The van der Waals surface area contributed by atoms with Gasteiger partial charge in [0.1, 0.15) is 11.8 Å². The highest BCUT2D eigenvalue weighted by atomic mass is 35.5. The summed E-state index contributed by atoms with van der Waals surface area (Å²) in [6.07, 6.45) is 0.448. The molecule has 0 radical (unpaired) electrons. The first-order chi connectivity index (χ1) is 14.3. The second-order valence-electron chi connectivity index (χ2n) is 7.15. The molecule has 1 atom stereocenters. The van der Waals surface area contributed by atoms with E-state index in [4.69, 9.17) is 27.9 Å². The minimum absolute atomic E-state index is 0.114. The van der Waals surface area contributed by atoms with Gasteiger partial charge in [-0.25, -0.2) is 0 Å². The Morgan fingerprint density at radius 2 is 1.67 bits per heavy atom. The number of aryl methyl sites for hydroxylation is 2. The van der Waals surface area contributed by atoms with Crippen LogP contribution >= 0.6 is 23.2 Å². The minimum Gasteiger partial charge on any atom is -0.484 e. The molecule has 162 valence electrons. The highest BCUT2D eigenvalue weighted by molar-refractivity contribution is 6.36. The molecule has 0 saturated carbocycles. The van der Waals surface area contributed by atoms with Crippen LogP contribution in [0.2, 0.25) is 10.0 Å². The molecular formula is C23H28Cl2N2O3. The fraction of sp³-hybridized carbons (Fsp3) is 0.391. The van der Waals surface area contributed by atoms with Crippen molar-refractivity contribution < 1.29 is 14.3 Å². The summed E-state index contributed by atoms with van der Waals surface area (Å²) in [6, 6.07) is 10.3. The van der Waals surface area contributed by atoms with E-state index in [1.54, 1.807) is 18.2 Å². The Hall–Kier alpha value is -2.24. The maximum atomic E-state index is 13.2. The van der Waals surface area contributed by atoms with E-state index < -0.39 is 6.04 Å². The zero-order valence-corrected chi connectivity index (χ0v) is 19.3. The van der Waals surface area contributed by atoms with E-state index in [9.17, 15) is 9.59 Å². The fourth-order valence-electron chi connectivity index (χ4n) is 3.31. The summed E-state index contributed by atoms with van der Waals surface area (Å²) >= 11 is 12.6. The smallest absolute Gasteiger partial charge is 0.261 e. The van der Waals surface area contributed by atoms with E-state index >= 15 is 0 Å². The molecule has 30 heavy (non-hydrogen) atoms. The van der Waals surface area contributed by atoms with E-state index in [0.717, 1.165) is 11.1 Å². The maximum Gasteiger partial charge on any atom is 0.261 e. The van der Waals surface area contributed by atoms with E-state index in [1.807, 2.05) is 45.9 Å². The molecule has 2 rings (SSSR count). The predicted molar refractivity (Wildman–Crippen MR) is 121 cm³/mol. The number of hydrogen-bond acceptors (Lipinski definition) is 3. The summed E-state index contributed by atoms with van der Waals surface area (Å²) in [4.78, 5) is 27.3. The van der Waals surface area contributed by atoms with Crippen LogP contribution in [0, 0.1) is 13.8 Å². The van der Waals surface area contributed by atoms with Crippen molar-refractivity contribution in [2.45, 2.75) is 46.7 Å². The van der Waals surface area contributed by atoms with E-state index in [-0.39, 0.29) is 25.0 Å². The van der Waals surface area contributed by atoms with E-state index in [2.05, 4.69) is 5.32 Å². The molecule has 0 spiro atoms. The number of ether oxygens (including phenoxy) is 1. The molecule has 5 nitrogen and oxygen atoms in total. The quantitative estimate of drug-likeness (QED) is 0.588. The van der Waals surface area contributed by atoms with Gasteiger partial charge in [-0.15, -0.1) is 0 Å². The number of halogens is 2. The lowest BCUT2D eigenvalue weighted by Crippen LogP contribution is -2.50. The number of carbonyl (C=O) groups is 2. The third kappa shape index (κ3) is 6.38. The average molecular weight is 451 g/mol. The molecule has 0 aromatic heterocycles. The maximum absolute atomic E-state index is 13.2. The van der Waals surface area contributed by atoms with Crippen LogP contribution in [0.25, 0.3) is 0 Å². The van der Waals surface area contributed by atoms with Crippen LogP contribution in [0.3, 0.4) is 0 Å². The molecule has 0 fully saturated rings. The van der Waals surface area contributed by atoms with E-state index in [0.29, 0.717) is 34.3 Å². The van der Waals surface area contributed by atoms with Crippen molar-refractivity contribution in [2.24, 2.45) is 0 Å². The van der Waals surface area contributed by atoms with Gasteiger partial charge in [-0.1, -0.05) is 42.3 Å². The van der Waals surface area contributed by atoms with Crippen LogP contribution in [0.4, 0.5) is 0 Å². The Balaban J connectivity index is 2.28. The summed E-state index contributed by atoms with van der Waals surface area (Å²) in [7, 11) is 0. The van der Waals surface area contributed by atoms with Crippen LogP contribution in [-0.2, 0) is 16.1 Å². The van der Waals surface area contributed by atoms with Crippen LogP contribution < -0.4 is 10.1 Å². The highest BCUT2D eigenvalue weighted by Crippen LogP contribution is 2.27. The SMILES string of the molecule is CCNC(=O)[C@H](CC)N(Cc1c(Cl)cccc1Cl)C(=O)COc1cc(C)cc(C)c1. The van der Waals surface area contributed by atoms with Crippen LogP contribution in [0.1, 0.15) is 37.0 Å². The van der Waals surface area contributed by atoms with Gasteiger partial charge >= 0.3 is 0 Å². The van der Waals surface area contributed by atoms with Gasteiger partial charge in [-0.3, -0.25) is 9.59 Å². The number of amides is 2. The van der Waals surface area contributed by atoms with Gasteiger partial charge in [0.2, 0.25) is 5.91 Å². The first-order valence-electron chi connectivity index (χ1n) is 9.97. The molecule has 1 N–H and O–H groups in total. The standard InChI is InChI=1S/C23H28Cl2N2O3/c1-5-21(23(29)26-6-2)27(13-18-19(24)8-7-9-20(18)25)22(28)14-30-17-11-15(3)10-16(4)12-17/h7-12,21H,5-6,13-14H2,1-4H3,(H,26,29)/t21-/m0/s1. The zero-order chi connectivity index (χ0) is 22.3. The number of carbonyl (C=O) groups excluding carboxylic acids is 2. The Morgan fingerprint density at radius 1 is 1.07 bits per heavy atom. The predicted octanol–water partition coefficient (Wildman–Crippen LogP) is 4.93. The highest BCUT2D eigenvalue weighted by Gasteiger charge is 2.29. The number of benzene rings is 2. The van der Waals surface area contributed by atoms with Gasteiger partial charge in [0.05, 0.1) is 0 Å². The molecule has 0 unspecified atom stereocenters. The van der Waals surface area contributed by atoms with Crippen LogP contribution in [0.15, 0.2) is 36.4 Å². The Morgan fingerprint density at radius 3 is 2.20 bits per heavy atom. The van der Waals surface area contributed by atoms with Crippen molar-refractivity contribution in [1.29, 1.82) is 0 Å². The monoisotopic (exact) mass is 450 g/mol. The Bertz CT molecular complexity index is 862. The Kier molecular flexibility index (Phi) is 9.00. The summed E-state index contributed by atoms with van der Waals surface area (Å²) in [6.45, 7) is 8.03. The first kappa shape index (κ1) is 24.0. The second kappa shape index (κ2) is 11.2. The molecule has 0 heterocycles. The lowest BCUT2D eigenvalue weighted by atomic mass is 10.1. The summed E-state index contributed by atoms with van der Waals surface area (Å²) < 4.78 is 5.75. The molecule has 0 aliphatic heterocycles. The molecule has 0 bridgehead atoms. The Labute approximate surface area is 188 Å². The molecule has 0 aliphatic rings. The number of nitrogens with zero attached hydrogens (tertiary/aromatic N) is 1. The zero-order valence-electron chi connectivity index (χ0n) is 17.8. The molecule has 0 aliphatic carbocycles. The van der Waals surface area contributed by atoms with Crippen LogP contribution in [-0.4, -0.2) is 35.9 Å². The lowest BCUT2D eigenvalue weighted by molar-refractivity contribution is -0.142. The molecule has 2 aromatic rings. The third-order valence-corrected chi connectivity index (χ3v) is 5.39. The van der Waals surface area contributed by atoms with Crippen molar-refractivity contribution in [3.05, 3.63) is 63.1 Å². The van der Waals surface area contributed by atoms with Gasteiger partial charge in [-0.2, -0.15) is 0 Å². The third-order valence-electron chi connectivity index (χ3n) is 4.68. The minimum atomic E-state index is -0.660. The largest absolute Gasteiger partial charge is 0.484 e. The number of nitrogens with one attached hydrogen (secondary N) is 1. The van der Waals surface area contributed by atoms with Gasteiger partial charge in [0.25, 0.3) is 5.91 Å². The average Bonchev–Trinajstić information content (AvgIpc) is 2.67. The van der Waals surface area contributed by atoms with Gasteiger partial charge in [0.15, 0.2) is 6.61 Å². The second-order valence-corrected chi connectivity index (χ2v) is 7.97. The normalized spacial score (nSPS) is 11.7. The summed E-state index contributed by atoms with van der Waals surface area (Å²) in [5, 5.41) is 3.69. The number of likely N-dealkylation sites (N-methyl/N-ethyl adjacent to an activating group) is 1. The molecule has 2 aromatic carbocycles. The molecular weight excluding hydrogens is 423 g/mol. The summed E-state index contributed by atoms with van der Waals surface area (Å²) in [5.41, 5.74) is 2.69. The topological polar surface area (TPSA) is 58.6 Å². The number of rotatable bonds is 9. The van der Waals surface area contributed by atoms with E-state index in [1.165, 1.54) is 4.90 Å². The van der Waals surface area contributed by atoms with Crippen molar-refractivity contribution in [3.8, 4) is 5.75 Å². The summed E-state index contributed by atoms with van der Waals surface area (Å²) in [5.74, 6) is 0.0776. The van der Waals surface area contributed by atoms with Gasteiger partial charge in [-0.05, 0) is 62.6 Å². The van der Waals surface area contributed by atoms with Crippen molar-refractivity contribution in [3.63, 3.8) is 0 Å². The number of hydrogen-bond donors (Lipinski definition) is 1. The first-order valence-corrected chi connectivity index (χ1v) is 10.7. The molecule has 7 heteroatoms. The van der Waals surface area contributed by atoms with Crippen molar-refractivity contribution in [2.75, 3.05) is 13.2 Å². The lowest BCUT2D eigenvalue weighted by Gasteiger charge is -2.31. The van der Waals surface area contributed by atoms with Gasteiger partial charge < -0.3 is 15.0 Å². The van der Waals surface area contributed by atoms with Gasteiger partial charge in [0, 0.05) is 28.7 Å². The molecule has 2 amide bonds. The molecule has 0 saturated heterocycles.